The summed E-state index contributed by atoms with van der Waals surface area (Å²) < 4.78 is 5.48. The molecule has 1 aromatic heterocycles. The molecule has 0 aliphatic carbocycles. The monoisotopic (exact) mass is 278 g/mol. The van der Waals surface area contributed by atoms with Crippen molar-refractivity contribution in [3.05, 3.63) is 57.9 Å². The SMILES string of the molecule is Cc1ccc(Oc2ccc(CCl)cc2[N+](=O)[O-])cn1. The van der Waals surface area contributed by atoms with Gasteiger partial charge in [-0.25, -0.2) is 0 Å². The van der Waals surface area contributed by atoms with E-state index in [9.17, 15) is 10.1 Å². The van der Waals surface area contributed by atoms with Crippen molar-refractivity contribution in [3.63, 3.8) is 0 Å². The highest BCUT2D eigenvalue weighted by Crippen LogP contribution is 2.32. The summed E-state index contributed by atoms with van der Waals surface area (Å²) in [7, 11) is 0. The molecule has 0 N–H and O–H groups in total. The first-order valence-electron chi connectivity index (χ1n) is 5.54. The van der Waals surface area contributed by atoms with Crippen molar-refractivity contribution in [2.24, 2.45) is 0 Å². The molecule has 0 saturated heterocycles. The average molecular weight is 279 g/mol. The molecule has 0 amide bonds. The molecule has 0 fully saturated rings. The quantitative estimate of drug-likeness (QED) is 0.484. The molecule has 2 rings (SSSR count). The Kier molecular flexibility index (Phi) is 3.97. The van der Waals surface area contributed by atoms with Gasteiger partial charge < -0.3 is 4.74 Å². The van der Waals surface area contributed by atoms with Crippen LogP contribution in [0.4, 0.5) is 5.69 Å². The maximum Gasteiger partial charge on any atom is 0.311 e. The predicted molar refractivity (Wildman–Crippen MR) is 71.7 cm³/mol. The largest absolute Gasteiger partial charge is 0.449 e. The Morgan fingerprint density at radius 2 is 2.16 bits per heavy atom. The number of benzene rings is 1. The number of hydrogen-bond donors (Lipinski definition) is 0. The number of hydrogen-bond acceptors (Lipinski definition) is 4. The van der Waals surface area contributed by atoms with Crippen LogP contribution in [0, 0.1) is 17.0 Å². The zero-order chi connectivity index (χ0) is 13.8. The third-order valence-corrected chi connectivity index (χ3v) is 2.79. The summed E-state index contributed by atoms with van der Waals surface area (Å²) >= 11 is 5.66. The standard InChI is InChI=1S/C13H11ClN2O3/c1-9-2-4-11(8-15-9)19-13-5-3-10(7-14)6-12(13)16(17)18/h2-6,8H,7H2,1H3. The van der Waals surface area contributed by atoms with Crippen molar-refractivity contribution in [2.75, 3.05) is 0 Å². The van der Waals surface area contributed by atoms with Gasteiger partial charge in [-0.3, -0.25) is 15.1 Å². The van der Waals surface area contributed by atoms with Crippen LogP contribution < -0.4 is 4.74 Å². The van der Waals surface area contributed by atoms with Gasteiger partial charge in [0.1, 0.15) is 5.75 Å². The van der Waals surface area contributed by atoms with Gasteiger partial charge in [0.25, 0.3) is 0 Å². The van der Waals surface area contributed by atoms with E-state index < -0.39 is 4.92 Å². The Bertz CT molecular complexity index is 599. The summed E-state index contributed by atoms with van der Waals surface area (Å²) in [4.78, 5) is 14.6. The number of alkyl halides is 1. The molecule has 0 unspecified atom stereocenters. The Morgan fingerprint density at radius 3 is 2.74 bits per heavy atom. The normalized spacial score (nSPS) is 10.2. The lowest BCUT2D eigenvalue weighted by atomic mass is 10.2. The van der Waals surface area contributed by atoms with E-state index in [1.165, 1.54) is 18.3 Å². The molecule has 0 aliphatic rings. The van der Waals surface area contributed by atoms with Crippen LogP contribution in [0.2, 0.25) is 0 Å². The number of nitro benzene ring substituents is 1. The van der Waals surface area contributed by atoms with Crippen molar-refractivity contribution >= 4 is 17.3 Å². The topological polar surface area (TPSA) is 65.3 Å². The number of aryl methyl sites for hydroxylation is 1. The summed E-state index contributed by atoms with van der Waals surface area (Å²) in [5.74, 6) is 0.838. The van der Waals surface area contributed by atoms with Gasteiger partial charge in [0.15, 0.2) is 0 Å². The van der Waals surface area contributed by atoms with E-state index in [1.807, 2.05) is 6.92 Å². The molecular formula is C13H11ClN2O3. The van der Waals surface area contributed by atoms with Crippen LogP contribution in [0.15, 0.2) is 36.5 Å². The van der Waals surface area contributed by atoms with Crippen LogP contribution in [0.25, 0.3) is 0 Å². The van der Waals surface area contributed by atoms with Crippen molar-refractivity contribution < 1.29 is 9.66 Å². The molecule has 5 nitrogen and oxygen atoms in total. The molecule has 0 saturated carbocycles. The number of rotatable bonds is 4. The van der Waals surface area contributed by atoms with Gasteiger partial charge in [-0.15, -0.1) is 11.6 Å². The molecule has 0 spiro atoms. The molecule has 19 heavy (non-hydrogen) atoms. The van der Waals surface area contributed by atoms with Crippen LogP contribution in [0.1, 0.15) is 11.3 Å². The van der Waals surface area contributed by atoms with Crippen LogP contribution in [0.3, 0.4) is 0 Å². The number of ether oxygens (including phenoxy) is 1. The van der Waals surface area contributed by atoms with Gasteiger partial charge >= 0.3 is 5.69 Å². The van der Waals surface area contributed by atoms with Gasteiger partial charge in [0.05, 0.1) is 11.1 Å². The maximum absolute atomic E-state index is 11.0. The number of nitrogens with zero attached hydrogens (tertiary/aromatic N) is 2. The number of halogens is 1. The van der Waals surface area contributed by atoms with Crippen molar-refractivity contribution in [3.8, 4) is 11.5 Å². The molecule has 0 atom stereocenters. The van der Waals surface area contributed by atoms with E-state index in [0.29, 0.717) is 11.3 Å². The van der Waals surface area contributed by atoms with E-state index in [2.05, 4.69) is 4.98 Å². The zero-order valence-electron chi connectivity index (χ0n) is 10.2. The van der Waals surface area contributed by atoms with Crippen molar-refractivity contribution in [1.29, 1.82) is 0 Å². The van der Waals surface area contributed by atoms with Gasteiger partial charge in [0.2, 0.25) is 5.75 Å². The minimum absolute atomic E-state index is 0.112. The van der Waals surface area contributed by atoms with Crippen molar-refractivity contribution in [2.45, 2.75) is 12.8 Å². The fourth-order valence-electron chi connectivity index (χ4n) is 1.52. The second kappa shape index (κ2) is 5.67. The van der Waals surface area contributed by atoms with E-state index >= 15 is 0 Å². The predicted octanol–water partition coefficient (Wildman–Crippen LogP) is 3.83. The second-order valence-corrected chi connectivity index (χ2v) is 4.20. The maximum atomic E-state index is 11.0. The molecule has 0 bridgehead atoms. The zero-order valence-corrected chi connectivity index (χ0v) is 10.9. The molecule has 1 heterocycles. The second-order valence-electron chi connectivity index (χ2n) is 3.93. The number of aromatic nitrogens is 1. The third kappa shape index (κ3) is 3.20. The highest BCUT2D eigenvalue weighted by atomic mass is 35.5. The Morgan fingerprint density at radius 1 is 1.37 bits per heavy atom. The molecule has 98 valence electrons. The highest BCUT2D eigenvalue weighted by Gasteiger charge is 2.16. The number of pyridine rings is 1. The van der Waals surface area contributed by atoms with Crippen LogP contribution >= 0.6 is 11.6 Å². The van der Waals surface area contributed by atoms with Crippen molar-refractivity contribution in [1.82, 2.24) is 4.98 Å². The first-order chi connectivity index (χ1) is 9.10. The van der Waals surface area contributed by atoms with Gasteiger partial charge in [-0.05, 0) is 30.7 Å². The van der Waals surface area contributed by atoms with Crippen LogP contribution in [-0.2, 0) is 5.88 Å². The fourth-order valence-corrected chi connectivity index (χ4v) is 1.68. The van der Waals surface area contributed by atoms with E-state index in [1.54, 1.807) is 18.2 Å². The smallest absolute Gasteiger partial charge is 0.311 e. The fraction of sp³-hybridized carbons (Fsp3) is 0.154. The highest BCUT2D eigenvalue weighted by molar-refractivity contribution is 6.17. The molecule has 2 aromatic rings. The summed E-state index contributed by atoms with van der Waals surface area (Å²) in [5, 5.41) is 11.0. The number of nitro groups is 1. The summed E-state index contributed by atoms with van der Waals surface area (Å²) in [5.41, 5.74) is 1.40. The third-order valence-electron chi connectivity index (χ3n) is 2.49. The Labute approximate surface area is 115 Å². The lowest BCUT2D eigenvalue weighted by Crippen LogP contribution is -1.95. The van der Waals surface area contributed by atoms with Gasteiger partial charge in [-0.1, -0.05) is 6.07 Å². The van der Waals surface area contributed by atoms with Crippen LogP contribution in [0.5, 0.6) is 11.5 Å². The summed E-state index contributed by atoms with van der Waals surface area (Å²) in [6, 6.07) is 8.12. The van der Waals surface area contributed by atoms with Gasteiger partial charge in [0, 0.05) is 17.6 Å². The van der Waals surface area contributed by atoms with Gasteiger partial charge in [-0.2, -0.15) is 0 Å². The minimum Gasteiger partial charge on any atom is -0.449 e. The van der Waals surface area contributed by atoms with E-state index in [0.717, 1.165) is 5.69 Å². The molecule has 6 heteroatoms. The summed E-state index contributed by atoms with van der Waals surface area (Å²) in [6.45, 7) is 1.85. The lowest BCUT2D eigenvalue weighted by molar-refractivity contribution is -0.385. The molecule has 1 aromatic carbocycles. The molecule has 0 aliphatic heterocycles. The van der Waals surface area contributed by atoms with E-state index in [4.69, 9.17) is 16.3 Å². The molecule has 0 radical (unpaired) electrons. The Hall–Kier alpha value is -2.14. The molecular weight excluding hydrogens is 268 g/mol. The average Bonchev–Trinajstić information content (AvgIpc) is 2.41. The summed E-state index contributed by atoms with van der Waals surface area (Å²) in [6.07, 6.45) is 1.52. The lowest BCUT2D eigenvalue weighted by Gasteiger charge is -2.07. The van der Waals surface area contributed by atoms with E-state index in [-0.39, 0.29) is 17.3 Å². The first-order valence-corrected chi connectivity index (χ1v) is 6.07. The minimum atomic E-state index is -0.493. The first kappa shape index (κ1) is 13.3. The Balaban J connectivity index is 2.33. The van der Waals surface area contributed by atoms with Crippen LogP contribution in [-0.4, -0.2) is 9.91 Å².